The quantitative estimate of drug-likeness (QED) is 0.474. The second-order valence-corrected chi connectivity index (χ2v) is 8.06. The first kappa shape index (κ1) is 17.3. The van der Waals surface area contributed by atoms with Crippen LogP contribution in [0.4, 0.5) is 0 Å². The third kappa shape index (κ3) is 4.48. The molecule has 0 unspecified atom stereocenters. The summed E-state index contributed by atoms with van der Waals surface area (Å²) in [6, 6.07) is 0. The van der Waals surface area contributed by atoms with Gasteiger partial charge in [-0.2, -0.15) is 0 Å². The van der Waals surface area contributed by atoms with Crippen molar-refractivity contribution in [1.82, 2.24) is 0 Å². The molecule has 0 aromatic rings. The zero-order valence-electron chi connectivity index (χ0n) is 13.6. The van der Waals surface area contributed by atoms with E-state index in [1.165, 1.54) is 51.4 Å². The Bertz CT molecular complexity index is 553. The Morgan fingerprint density at radius 3 is 1.95 bits per heavy atom. The molecule has 0 N–H and O–H groups in total. The predicted molar refractivity (Wildman–Crippen MR) is 91.0 cm³/mol. The molecule has 0 fully saturated rings. The lowest BCUT2D eigenvalue weighted by Gasteiger charge is -2.07. The minimum atomic E-state index is -3.20. The molecule has 0 aliphatic carbocycles. The van der Waals surface area contributed by atoms with Gasteiger partial charge in [0.1, 0.15) is 10.7 Å². The molecule has 2 aliphatic heterocycles. The molecule has 22 heavy (non-hydrogen) atoms. The van der Waals surface area contributed by atoms with Crippen LogP contribution in [0.15, 0.2) is 33.8 Å². The van der Waals surface area contributed by atoms with Gasteiger partial charge in [-0.1, -0.05) is 64.7 Å². The molecule has 2 bridgehead atoms. The van der Waals surface area contributed by atoms with Crippen LogP contribution < -0.4 is 0 Å². The van der Waals surface area contributed by atoms with Gasteiger partial charge in [-0.3, -0.25) is 0 Å². The largest absolute Gasteiger partial charge is 0.492 e. The Labute approximate surface area is 135 Å². The molecular weight excluding hydrogens is 296 g/mol. The smallest absolute Gasteiger partial charge is 0.210 e. The standard InChI is InChI=1S/C18H28O3S/c1-2-3-4-5-6-7-8-9-10-11-14-21-17-15-16-12-13-18(17)22(16,19)20/h12-13,15H,2-11,14H2,1H3. The Morgan fingerprint density at radius 2 is 1.45 bits per heavy atom. The topological polar surface area (TPSA) is 43.4 Å². The second-order valence-electron chi connectivity index (χ2n) is 6.14. The van der Waals surface area contributed by atoms with Gasteiger partial charge >= 0.3 is 0 Å². The van der Waals surface area contributed by atoms with Crippen molar-refractivity contribution in [3.05, 3.63) is 33.8 Å². The maximum atomic E-state index is 11.8. The van der Waals surface area contributed by atoms with Gasteiger partial charge in [0.25, 0.3) is 0 Å². The molecule has 0 saturated carbocycles. The maximum Gasteiger partial charge on any atom is 0.210 e. The number of sulfone groups is 1. The van der Waals surface area contributed by atoms with E-state index >= 15 is 0 Å². The molecule has 0 spiro atoms. The van der Waals surface area contributed by atoms with Crippen LogP contribution in [0, 0.1) is 0 Å². The fraction of sp³-hybridized carbons (Fsp3) is 0.667. The van der Waals surface area contributed by atoms with E-state index in [1.807, 2.05) is 0 Å². The number of unbranched alkanes of at least 4 members (excludes halogenated alkanes) is 9. The summed E-state index contributed by atoms with van der Waals surface area (Å²) in [5.41, 5.74) is 0. The molecule has 0 aromatic carbocycles. The summed E-state index contributed by atoms with van der Waals surface area (Å²) in [6.07, 6.45) is 17.8. The maximum absolute atomic E-state index is 11.8. The van der Waals surface area contributed by atoms with E-state index in [9.17, 15) is 8.42 Å². The highest BCUT2D eigenvalue weighted by molar-refractivity contribution is 8.00. The van der Waals surface area contributed by atoms with Crippen molar-refractivity contribution < 1.29 is 13.2 Å². The molecule has 2 heterocycles. The molecule has 2 rings (SSSR count). The number of rotatable bonds is 12. The number of hydrogen-bond acceptors (Lipinski definition) is 3. The monoisotopic (exact) mass is 324 g/mol. The highest BCUT2D eigenvalue weighted by Gasteiger charge is 2.34. The summed E-state index contributed by atoms with van der Waals surface area (Å²) >= 11 is 0. The second kappa shape index (κ2) is 8.56. The number of ether oxygens (including phenoxy) is 1. The Kier molecular flexibility index (Phi) is 6.74. The van der Waals surface area contributed by atoms with Crippen molar-refractivity contribution in [1.29, 1.82) is 0 Å². The Hall–Kier alpha value is -1.03. The summed E-state index contributed by atoms with van der Waals surface area (Å²) in [4.78, 5) is 0.718. The Morgan fingerprint density at radius 1 is 0.864 bits per heavy atom. The first-order chi connectivity index (χ1) is 10.7. The summed E-state index contributed by atoms with van der Waals surface area (Å²) < 4.78 is 29.2. The number of allylic oxidation sites excluding steroid dienone is 3. The SMILES string of the molecule is CCCCCCCCCCCCOC1=C2C=CC(=C1)S2(=O)=O. The van der Waals surface area contributed by atoms with E-state index in [0.29, 0.717) is 22.2 Å². The fourth-order valence-electron chi connectivity index (χ4n) is 2.89. The van der Waals surface area contributed by atoms with E-state index in [0.717, 1.165) is 12.8 Å². The highest BCUT2D eigenvalue weighted by atomic mass is 32.2. The lowest BCUT2D eigenvalue weighted by atomic mass is 10.1. The minimum Gasteiger partial charge on any atom is -0.492 e. The van der Waals surface area contributed by atoms with Crippen molar-refractivity contribution in [2.75, 3.05) is 6.61 Å². The zero-order chi connectivity index (χ0) is 15.8. The molecular formula is C18H28O3S. The van der Waals surface area contributed by atoms with E-state index in [4.69, 9.17) is 4.74 Å². The van der Waals surface area contributed by atoms with Crippen molar-refractivity contribution in [3.63, 3.8) is 0 Å². The minimum absolute atomic E-state index is 0.342. The number of hydrogen-bond donors (Lipinski definition) is 0. The van der Waals surface area contributed by atoms with Crippen molar-refractivity contribution >= 4 is 9.84 Å². The van der Waals surface area contributed by atoms with Crippen LogP contribution in [-0.2, 0) is 14.6 Å². The molecule has 0 saturated heterocycles. The van der Waals surface area contributed by atoms with Gasteiger partial charge in [0.15, 0.2) is 0 Å². The van der Waals surface area contributed by atoms with Crippen LogP contribution in [-0.4, -0.2) is 15.0 Å². The van der Waals surface area contributed by atoms with Gasteiger partial charge < -0.3 is 4.74 Å². The molecule has 0 aromatic heterocycles. The molecule has 4 heteroatoms. The van der Waals surface area contributed by atoms with Crippen LogP contribution in [0.1, 0.15) is 71.1 Å². The van der Waals surface area contributed by atoms with Gasteiger partial charge in [-0.25, -0.2) is 8.42 Å². The zero-order valence-corrected chi connectivity index (χ0v) is 14.5. The van der Waals surface area contributed by atoms with Gasteiger partial charge in [0.2, 0.25) is 9.84 Å². The van der Waals surface area contributed by atoms with E-state index < -0.39 is 9.84 Å². The third-order valence-electron chi connectivity index (χ3n) is 4.27. The van der Waals surface area contributed by atoms with Crippen LogP contribution in [0.2, 0.25) is 0 Å². The van der Waals surface area contributed by atoms with Gasteiger partial charge in [0, 0.05) is 6.08 Å². The molecule has 3 nitrogen and oxygen atoms in total. The average molecular weight is 324 g/mol. The van der Waals surface area contributed by atoms with E-state index in [2.05, 4.69) is 6.92 Å². The normalized spacial score (nSPS) is 18.1. The van der Waals surface area contributed by atoms with E-state index in [-0.39, 0.29) is 0 Å². The van der Waals surface area contributed by atoms with Gasteiger partial charge in [0.05, 0.1) is 11.5 Å². The lowest BCUT2D eigenvalue weighted by Crippen LogP contribution is -1.97. The Balaban J connectivity index is 1.48. The summed E-state index contributed by atoms with van der Waals surface area (Å²) in [6.45, 7) is 2.86. The average Bonchev–Trinajstić information content (AvgIpc) is 2.92. The first-order valence-electron chi connectivity index (χ1n) is 8.68. The predicted octanol–water partition coefficient (Wildman–Crippen LogP) is 5.02. The van der Waals surface area contributed by atoms with Crippen molar-refractivity contribution in [2.45, 2.75) is 71.1 Å². The summed E-state index contributed by atoms with van der Waals surface area (Å²) in [7, 11) is -3.20. The van der Waals surface area contributed by atoms with Crippen LogP contribution in [0.5, 0.6) is 0 Å². The lowest BCUT2D eigenvalue weighted by molar-refractivity contribution is 0.216. The van der Waals surface area contributed by atoms with Gasteiger partial charge in [-0.15, -0.1) is 0 Å². The van der Waals surface area contributed by atoms with Crippen LogP contribution in [0.25, 0.3) is 0 Å². The summed E-state index contributed by atoms with van der Waals surface area (Å²) in [5, 5.41) is 0. The first-order valence-corrected chi connectivity index (χ1v) is 10.2. The van der Waals surface area contributed by atoms with Crippen molar-refractivity contribution in [3.8, 4) is 0 Å². The molecule has 0 radical (unpaired) electrons. The van der Waals surface area contributed by atoms with Gasteiger partial charge in [-0.05, 0) is 18.6 Å². The number of fused-ring (bicyclic) bond motifs is 2. The van der Waals surface area contributed by atoms with Crippen LogP contribution >= 0.6 is 0 Å². The molecule has 0 atom stereocenters. The third-order valence-corrected chi connectivity index (χ3v) is 6.06. The van der Waals surface area contributed by atoms with E-state index in [1.54, 1.807) is 18.2 Å². The molecule has 0 amide bonds. The summed E-state index contributed by atoms with van der Waals surface area (Å²) in [5.74, 6) is 0.536. The van der Waals surface area contributed by atoms with Crippen molar-refractivity contribution in [2.24, 2.45) is 0 Å². The highest BCUT2D eigenvalue weighted by Crippen LogP contribution is 2.37. The fourth-order valence-corrected chi connectivity index (χ4v) is 4.28. The van der Waals surface area contributed by atoms with Crippen LogP contribution in [0.3, 0.4) is 0 Å². The molecule has 2 aliphatic rings. The molecule has 124 valence electrons.